The monoisotopic (exact) mass is 282 g/mol. The Morgan fingerprint density at radius 2 is 2.16 bits per heavy atom. The van der Waals surface area contributed by atoms with Gasteiger partial charge in [-0.1, -0.05) is 11.6 Å². The highest BCUT2D eigenvalue weighted by molar-refractivity contribution is 6.30. The highest BCUT2D eigenvalue weighted by atomic mass is 35.5. The van der Waals surface area contributed by atoms with Crippen molar-refractivity contribution in [3.63, 3.8) is 0 Å². The van der Waals surface area contributed by atoms with E-state index in [0.29, 0.717) is 11.6 Å². The molecule has 1 aromatic carbocycles. The van der Waals surface area contributed by atoms with Crippen LogP contribution in [0.15, 0.2) is 24.3 Å². The van der Waals surface area contributed by atoms with Crippen LogP contribution in [0.1, 0.15) is 13.8 Å². The van der Waals surface area contributed by atoms with Crippen LogP contribution < -0.4 is 5.32 Å². The van der Waals surface area contributed by atoms with Crippen LogP contribution in [0.3, 0.4) is 0 Å². The number of hydrogen-bond donors (Lipinski definition) is 1. The number of ether oxygens (including phenoxy) is 1. The molecule has 1 N–H and O–H groups in total. The SMILES string of the molecule is C[C@@H]1CN([C@@H](C)C(=O)Nc2ccc(Cl)cc2)CCO1. The van der Waals surface area contributed by atoms with Gasteiger partial charge in [-0.25, -0.2) is 0 Å². The van der Waals surface area contributed by atoms with Crippen molar-refractivity contribution in [3.8, 4) is 0 Å². The molecule has 0 saturated carbocycles. The van der Waals surface area contributed by atoms with Gasteiger partial charge >= 0.3 is 0 Å². The van der Waals surface area contributed by atoms with Crippen molar-refractivity contribution in [2.45, 2.75) is 26.0 Å². The Bertz CT molecular complexity index is 436. The Balaban J connectivity index is 1.93. The number of amides is 1. The molecule has 0 aromatic heterocycles. The topological polar surface area (TPSA) is 41.6 Å². The van der Waals surface area contributed by atoms with Crippen molar-refractivity contribution in [2.24, 2.45) is 0 Å². The number of carbonyl (C=O) groups excluding carboxylic acids is 1. The summed E-state index contributed by atoms with van der Waals surface area (Å²) in [7, 11) is 0. The number of hydrogen-bond acceptors (Lipinski definition) is 3. The van der Waals surface area contributed by atoms with Crippen LogP contribution in [0.25, 0.3) is 0 Å². The molecule has 2 atom stereocenters. The van der Waals surface area contributed by atoms with Gasteiger partial charge in [0.25, 0.3) is 0 Å². The van der Waals surface area contributed by atoms with Crippen LogP contribution in [0.2, 0.25) is 5.02 Å². The average Bonchev–Trinajstić information content (AvgIpc) is 2.40. The molecule has 2 rings (SSSR count). The molecule has 0 spiro atoms. The normalized spacial score (nSPS) is 21.9. The van der Waals surface area contributed by atoms with Gasteiger partial charge in [0.1, 0.15) is 0 Å². The fraction of sp³-hybridized carbons (Fsp3) is 0.500. The molecule has 1 heterocycles. The maximum absolute atomic E-state index is 12.2. The van der Waals surface area contributed by atoms with Crippen LogP contribution in [-0.4, -0.2) is 42.6 Å². The Labute approximate surface area is 118 Å². The number of nitrogens with zero attached hydrogens (tertiary/aromatic N) is 1. The molecule has 1 amide bonds. The van der Waals surface area contributed by atoms with Gasteiger partial charge in [-0.3, -0.25) is 9.69 Å². The fourth-order valence-corrected chi connectivity index (χ4v) is 2.27. The maximum Gasteiger partial charge on any atom is 0.241 e. The largest absolute Gasteiger partial charge is 0.376 e. The zero-order chi connectivity index (χ0) is 13.8. The first-order valence-electron chi connectivity index (χ1n) is 6.48. The van der Waals surface area contributed by atoms with Gasteiger partial charge in [0, 0.05) is 23.8 Å². The lowest BCUT2D eigenvalue weighted by molar-refractivity contribution is -0.123. The maximum atomic E-state index is 12.2. The second kappa shape index (κ2) is 6.37. The summed E-state index contributed by atoms with van der Waals surface area (Å²) in [4.78, 5) is 14.3. The summed E-state index contributed by atoms with van der Waals surface area (Å²) in [6.07, 6.45) is 0.180. The Morgan fingerprint density at radius 1 is 1.47 bits per heavy atom. The van der Waals surface area contributed by atoms with Gasteiger partial charge in [-0.05, 0) is 38.1 Å². The van der Waals surface area contributed by atoms with E-state index in [2.05, 4.69) is 10.2 Å². The summed E-state index contributed by atoms with van der Waals surface area (Å²) in [5.41, 5.74) is 0.766. The second-order valence-electron chi connectivity index (χ2n) is 4.85. The summed E-state index contributed by atoms with van der Waals surface area (Å²) in [5.74, 6) is -0.00331. The van der Waals surface area contributed by atoms with Crippen LogP contribution in [-0.2, 0) is 9.53 Å². The zero-order valence-corrected chi connectivity index (χ0v) is 12.0. The number of carbonyl (C=O) groups is 1. The Morgan fingerprint density at radius 3 is 2.79 bits per heavy atom. The summed E-state index contributed by atoms with van der Waals surface area (Å²) >= 11 is 5.81. The first-order chi connectivity index (χ1) is 9.06. The van der Waals surface area contributed by atoms with Gasteiger partial charge in [0.2, 0.25) is 5.91 Å². The number of rotatable bonds is 3. The molecule has 1 saturated heterocycles. The summed E-state index contributed by atoms with van der Waals surface area (Å²) in [6, 6.07) is 6.96. The molecule has 4 nitrogen and oxygen atoms in total. The second-order valence-corrected chi connectivity index (χ2v) is 5.28. The smallest absolute Gasteiger partial charge is 0.241 e. The lowest BCUT2D eigenvalue weighted by atomic mass is 10.2. The molecule has 1 fully saturated rings. The van der Waals surface area contributed by atoms with Crippen molar-refractivity contribution >= 4 is 23.2 Å². The summed E-state index contributed by atoms with van der Waals surface area (Å²) in [5, 5.41) is 3.56. The molecule has 0 bridgehead atoms. The van der Waals surface area contributed by atoms with E-state index in [1.54, 1.807) is 24.3 Å². The lowest BCUT2D eigenvalue weighted by Gasteiger charge is -2.34. The quantitative estimate of drug-likeness (QED) is 0.925. The number of nitrogens with one attached hydrogen (secondary N) is 1. The van der Waals surface area contributed by atoms with E-state index < -0.39 is 0 Å². The molecule has 0 aliphatic carbocycles. The Kier molecular flexibility index (Phi) is 4.80. The van der Waals surface area contributed by atoms with Crippen molar-refractivity contribution < 1.29 is 9.53 Å². The molecule has 1 aliphatic rings. The molecule has 19 heavy (non-hydrogen) atoms. The van der Waals surface area contributed by atoms with Gasteiger partial charge in [0.15, 0.2) is 0 Å². The third kappa shape index (κ3) is 3.93. The van der Waals surface area contributed by atoms with Crippen molar-refractivity contribution in [1.82, 2.24) is 4.90 Å². The van der Waals surface area contributed by atoms with E-state index in [-0.39, 0.29) is 18.1 Å². The highest BCUT2D eigenvalue weighted by Crippen LogP contribution is 2.15. The first kappa shape index (κ1) is 14.3. The minimum Gasteiger partial charge on any atom is -0.376 e. The number of anilines is 1. The first-order valence-corrected chi connectivity index (χ1v) is 6.86. The molecular weight excluding hydrogens is 264 g/mol. The van der Waals surface area contributed by atoms with E-state index in [1.165, 1.54) is 0 Å². The summed E-state index contributed by atoms with van der Waals surface area (Å²) < 4.78 is 5.48. The third-order valence-electron chi connectivity index (χ3n) is 3.31. The van der Waals surface area contributed by atoms with E-state index >= 15 is 0 Å². The van der Waals surface area contributed by atoms with Crippen molar-refractivity contribution in [3.05, 3.63) is 29.3 Å². The highest BCUT2D eigenvalue weighted by Gasteiger charge is 2.25. The molecular formula is C14H19ClN2O2. The predicted molar refractivity (Wildman–Crippen MR) is 76.5 cm³/mol. The average molecular weight is 283 g/mol. The molecule has 0 unspecified atom stereocenters. The molecule has 1 aromatic rings. The zero-order valence-electron chi connectivity index (χ0n) is 11.2. The predicted octanol–water partition coefficient (Wildman–Crippen LogP) is 2.39. The van der Waals surface area contributed by atoms with E-state index in [0.717, 1.165) is 18.8 Å². The lowest BCUT2D eigenvalue weighted by Crippen LogP contribution is -2.50. The van der Waals surface area contributed by atoms with Crippen LogP contribution in [0.4, 0.5) is 5.69 Å². The van der Waals surface area contributed by atoms with Gasteiger partial charge in [0.05, 0.1) is 18.8 Å². The van der Waals surface area contributed by atoms with Crippen LogP contribution in [0, 0.1) is 0 Å². The van der Waals surface area contributed by atoms with E-state index in [9.17, 15) is 4.79 Å². The van der Waals surface area contributed by atoms with E-state index in [4.69, 9.17) is 16.3 Å². The fourth-order valence-electron chi connectivity index (χ4n) is 2.14. The van der Waals surface area contributed by atoms with E-state index in [1.807, 2.05) is 13.8 Å². The number of morpholine rings is 1. The van der Waals surface area contributed by atoms with Crippen molar-refractivity contribution in [1.29, 1.82) is 0 Å². The molecule has 104 valence electrons. The number of halogens is 1. The minimum atomic E-state index is -0.165. The van der Waals surface area contributed by atoms with Crippen molar-refractivity contribution in [2.75, 3.05) is 25.0 Å². The molecule has 5 heteroatoms. The molecule has 1 aliphatic heterocycles. The number of benzene rings is 1. The summed E-state index contributed by atoms with van der Waals surface area (Å²) in [6.45, 7) is 6.20. The van der Waals surface area contributed by atoms with Gasteiger partial charge in [-0.15, -0.1) is 0 Å². The van der Waals surface area contributed by atoms with Gasteiger partial charge < -0.3 is 10.1 Å². The van der Waals surface area contributed by atoms with Crippen LogP contribution >= 0.6 is 11.6 Å². The van der Waals surface area contributed by atoms with Crippen LogP contribution in [0.5, 0.6) is 0 Å². The standard InChI is InChI=1S/C14H19ClN2O2/c1-10-9-17(7-8-19-10)11(2)14(18)16-13-5-3-12(15)4-6-13/h3-6,10-11H,7-9H2,1-2H3,(H,16,18)/t10-,11+/m1/s1. The minimum absolute atomic E-state index is 0.00331. The Hall–Kier alpha value is -1.10. The molecule has 0 radical (unpaired) electrons. The van der Waals surface area contributed by atoms with Gasteiger partial charge in [-0.2, -0.15) is 0 Å². The third-order valence-corrected chi connectivity index (χ3v) is 3.56.